The number of aliphatic hydroxyl groups excluding tert-OH is 1. The molecule has 1 aromatic carbocycles. The molecule has 134 valence electrons. The van der Waals surface area contributed by atoms with Gasteiger partial charge in [0.1, 0.15) is 12.4 Å². The van der Waals surface area contributed by atoms with Crippen molar-refractivity contribution in [2.45, 2.75) is 19.1 Å². The van der Waals surface area contributed by atoms with E-state index >= 15 is 0 Å². The number of aliphatic hydroxyl groups is 1. The Hall–Kier alpha value is -2.31. The highest BCUT2D eigenvalue weighted by molar-refractivity contribution is 5.74. The Labute approximate surface area is 147 Å². The van der Waals surface area contributed by atoms with Crippen LogP contribution in [0.5, 0.6) is 0 Å². The second-order valence-corrected chi connectivity index (χ2v) is 6.14. The van der Waals surface area contributed by atoms with E-state index in [9.17, 15) is 9.90 Å². The highest BCUT2D eigenvalue weighted by Crippen LogP contribution is 2.15. The van der Waals surface area contributed by atoms with E-state index in [1.807, 2.05) is 42.5 Å². The van der Waals surface area contributed by atoms with Gasteiger partial charge in [-0.15, -0.1) is 0 Å². The van der Waals surface area contributed by atoms with E-state index in [-0.39, 0.29) is 13.0 Å². The van der Waals surface area contributed by atoms with E-state index in [0.29, 0.717) is 6.54 Å². The number of dihydropyridines is 1. The first-order valence-corrected chi connectivity index (χ1v) is 8.57. The van der Waals surface area contributed by atoms with Crippen LogP contribution in [-0.2, 0) is 20.9 Å². The second kappa shape index (κ2) is 8.69. The highest BCUT2D eigenvalue weighted by atomic mass is 16.5. The third-order valence-electron chi connectivity index (χ3n) is 4.28. The number of nitrogens with one attached hydrogen (secondary N) is 1. The molecule has 2 aliphatic heterocycles. The normalized spacial score (nSPS) is 18.7. The van der Waals surface area contributed by atoms with Crippen LogP contribution >= 0.6 is 0 Å². The van der Waals surface area contributed by atoms with E-state index < -0.39 is 12.1 Å². The van der Waals surface area contributed by atoms with E-state index in [1.54, 1.807) is 0 Å². The van der Waals surface area contributed by atoms with Crippen LogP contribution in [0.2, 0.25) is 0 Å². The van der Waals surface area contributed by atoms with Crippen molar-refractivity contribution in [2.75, 3.05) is 32.8 Å². The maximum atomic E-state index is 11.9. The zero-order valence-corrected chi connectivity index (χ0v) is 14.2. The number of ether oxygens (including phenoxy) is 2. The summed E-state index contributed by atoms with van der Waals surface area (Å²) in [6, 6.07) is 9.44. The van der Waals surface area contributed by atoms with Gasteiger partial charge in [-0.3, -0.25) is 0 Å². The molecule has 6 nitrogen and oxygen atoms in total. The molecule has 0 saturated carbocycles. The quantitative estimate of drug-likeness (QED) is 0.756. The third kappa shape index (κ3) is 5.08. The average Bonchev–Trinajstić information content (AvgIpc) is 2.68. The molecule has 25 heavy (non-hydrogen) atoms. The monoisotopic (exact) mass is 344 g/mol. The van der Waals surface area contributed by atoms with Crippen LogP contribution in [0.3, 0.4) is 0 Å². The molecule has 0 aromatic heterocycles. The summed E-state index contributed by atoms with van der Waals surface area (Å²) in [5.41, 5.74) is 1.88. The van der Waals surface area contributed by atoms with Gasteiger partial charge >= 0.3 is 5.97 Å². The SMILES string of the molecule is O=C(OCc1ccccc1)[C@H](O)CC1=CC=C(N2CCOCC2)NC1. The Morgan fingerprint density at radius 3 is 2.68 bits per heavy atom. The van der Waals surface area contributed by atoms with Gasteiger partial charge in [-0.2, -0.15) is 0 Å². The molecule has 1 aromatic rings. The van der Waals surface area contributed by atoms with Crippen LogP contribution in [0, 0.1) is 0 Å². The summed E-state index contributed by atoms with van der Waals surface area (Å²) < 4.78 is 10.5. The van der Waals surface area contributed by atoms with E-state index in [1.165, 1.54) is 0 Å². The number of allylic oxidation sites excluding steroid dienone is 2. The summed E-state index contributed by atoms with van der Waals surface area (Å²) in [7, 11) is 0. The number of hydrogen-bond acceptors (Lipinski definition) is 6. The minimum atomic E-state index is -1.14. The number of hydrogen-bond donors (Lipinski definition) is 2. The van der Waals surface area contributed by atoms with Crippen molar-refractivity contribution >= 4 is 5.97 Å². The van der Waals surface area contributed by atoms with Gasteiger partial charge in [0, 0.05) is 26.1 Å². The Bertz CT molecular complexity index is 636. The lowest BCUT2D eigenvalue weighted by molar-refractivity contribution is -0.154. The van der Waals surface area contributed by atoms with Gasteiger partial charge in [-0.05, 0) is 17.2 Å². The lowest BCUT2D eigenvalue weighted by atomic mass is 10.1. The van der Waals surface area contributed by atoms with Crippen molar-refractivity contribution in [1.82, 2.24) is 10.2 Å². The van der Waals surface area contributed by atoms with Gasteiger partial charge in [0.15, 0.2) is 6.10 Å². The maximum absolute atomic E-state index is 11.9. The largest absolute Gasteiger partial charge is 0.459 e. The zero-order chi connectivity index (χ0) is 17.5. The van der Waals surface area contributed by atoms with Crippen molar-refractivity contribution in [1.29, 1.82) is 0 Å². The summed E-state index contributed by atoms with van der Waals surface area (Å²) in [5, 5.41) is 13.4. The van der Waals surface area contributed by atoms with Gasteiger partial charge in [-0.25, -0.2) is 4.79 Å². The fourth-order valence-corrected chi connectivity index (χ4v) is 2.84. The number of morpholine rings is 1. The number of rotatable bonds is 6. The molecule has 2 N–H and O–H groups in total. The van der Waals surface area contributed by atoms with E-state index in [2.05, 4.69) is 10.2 Å². The number of carbonyl (C=O) groups excluding carboxylic acids is 1. The van der Waals surface area contributed by atoms with Gasteiger partial charge in [-0.1, -0.05) is 36.4 Å². The first-order valence-electron chi connectivity index (χ1n) is 8.57. The summed E-state index contributed by atoms with van der Waals surface area (Å²) in [6.45, 7) is 4.01. The molecule has 0 amide bonds. The molecule has 2 heterocycles. The molecule has 3 rings (SSSR count). The van der Waals surface area contributed by atoms with Crippen molar-refractivity contribution in [3.05, 3.63) is 59.4 Å². The summed E-state index contributed by atoms with van der Waals surface area (Å²) in [5.74, 6) is 0.473. The summed E-state index contributed by atoms with van der Waals surface area (Å²) in [4.78, 5) is 14.2. The molecule has 0 bridgehead atoms. The fourth-order valence-electron chi connectivity index (χ4n) is 2.84. The van der Waals surface area contributed by atoms with Gasteiger partial charge < -0.3 is 24.8 Å². The molecule has 1 atom stereocenters. The van der Waals surface area contributed by atoms with Crippen LogP contribution in [0.4, 0.5) is 0 Å². The summed E-state index contributed by atoms with van der Waals surface area (Å²) >= 11 is 0. The molecule has 0 aliphatic carbocycles. The first-order chi connectivity index (χ1) is 12.2. The number of nitrogens with zero attached hydrogens (tertiary/aromatic N) is 1. The molecule has 0 radical (unpaired) electrons. The predicted octanol–water partition coefficient (Wildman–Crippen LogP) is 1.18. The van der Waals surface area contributed by atoms with E-state index in [0.717, 1.165) is 43.3 Å². The molecule has 1 fully saturated rings. The third-order valence-corrected chi connectivity index (χ3v) is 4.28. The zero-order valence-electron chi connectivity index (χ0n) is 14.2. The maximum Gasteiger partial charge on any atom is 0.335 e. The molecular formula is C19H24N2O4. The molecule has 0 unspecified atom stereocenters. The van der Waals surface area contributed by atoms with Gasteiger partial charge in [0.2, 0.25) is 0 Å². The minimum Gasteiger partial charge on any atom is -0.459 e. The highest BCUT2D eigenvalue weighted by Gasteiger charge is 2.21. The Balaban J connectivity index is 1.47. The van der Waals surface area contributed by atoms with Crippen molar-refractivity contribution < 1.29 is 19.4 Å². The minimum absolute atomic E-state index is 0.176. The molecule has 2 aliphatic rings. The standard InChI is InChI=1S/C19H24N2O4/c22-17(19(23)25-14-15-4-2-1-3-5-15)12-16-6-7-18(20-13-16)21-8-10-24-11-9-21/h1-7,17,20,22H,8-14H2/t17-/m1/s1. The Morgan fingerprint density at radius 1 is 1.24 bits per heavy atom. The number of carbonyl (C=O) groups is 1. The van der Waals surface area contributed by atoms with Crippen molar-refractivity contribution in [3.63, 3.8) is 0 Å². The second-order valence-electron chi connectivity index (χ2n) is 6.14. The van der Waals surface area contributed by atoms with Crippen molar-refractivity contribution in [2.24, 2.45) is 0 Å². The lowest BCUT2D eigenvalue weighted by Crippen LogP contribution is -2.41. The van der Waals surface area contributed by atoms with E-state index in [4.69, 9.17) is 9.47 Å². The Kier molecular flexibility index (Phi) is 6.09. The van der Waals surface area contributed by atoms with Crippen LogP contribution in [0.15, 0.2) is 53.9 Å². The molecule has 6 heteroatoms. The fraction of sp³-hybridized carbons (Fsp3) is 0.421. The molecule has 1 saturated heterocycles. The predicted molar refractivity (Wildman–Crippen MR) is 93.4 cm³/mol. The lowest BCUT2D eigenvalue weighted by Gasteiger charge is -2.33. The van der Waals surface area contributed by atoms with Crippen molar-refractivity contribution in [3.8, 4) is 0 Å². The topological polar surface area (TPSA) is 71.0 Å². The van der Waals surface area contributed by atoms with Crippen LogP contribution < -0.4 is 5.32 Å². The van der Waals surface area contributed by atoms with Crippen LogP contribution in [-0.4, -0.2) is 54.9 Å². The smallest absolute Gasteiger partial charge is 0.335 e. The average molecular weight is 344 g/mol. The number of benzene rings is 1. The van der Waals surface area contributed by atoms with Gasteiger partial charge in [0.25, 0.3) is 0 Å². The Morgan fingerprint density at radius 2 is 2.00 bits per heavy atom. The van der Waals surface area contributed by atoms with Crippen LogP contribution in [0.25, 0.3) is 0 Å². The first kappa shape index (κ1) is 17.5. The van der Waals surface area contributed by atoms with Crippen LogP contribution in [0.1, 0.15) is 12.0 Å². The molecule has 0 spiro atoms. The summed E-state index contributed by atoms with van der Waals surface area (Å²) in [6.07, 6.45) is 3.09. The molecular weight excluding hydrogens is 320 g/mol. The number of esters is 1. The van der Waals surface area contributed by atoms with Gasteiger partial charge in [0.05, 0.1) is 13.2 Å².